The molecule has 0 aromatic carbocycles. The van der Waals surface area contributed by atoms with Crippen molar-refractivity contribution in [3.63, 3.8) is 0 Å². The van der Waals surface area contributed by atoms with Crippen LogP contribution in [0.3, 0.4) is 0 Å². The zero-order valence-electron chi connectivity index (χ0n) is 13.2. The first-order chi connectivity index (χ1) is 9.62. The third kappa shape index (κ3) is 1.44. The van der Waals surface area contributed by atoms with Crippen LogP contribution in [0.5, 0.6) is 0 Å². The SMILES string of the molecule is C[C@@]12CCC[C@H]1[C@@H]1CC[C@H]3[C@@H]4O[C@@H]4CC[C@]3(C)[C@H]1CC2. The summed E-state index contributed by atoms with van der Waals surface area (Å²) in [7, 11) is 0. The van der Waals surface area contributed by atoms with Gasteiger partial charge in [0.15, 0.2) is 0 Å². The lowest BCUT2D eigenvalue weighted by Gasteiger charge is -2.59. The van der Waals surface area contributed by atoms with Gasteiger partial charge in [0.1, 0.15) is 0 Å². The summed E-state index contributed by atoms with van der Waals surface area (Å²) < 4.78 is 6.00. The van der Waals surface area contributed by atoms with Gasteiger partial charge in [0.25, 0.3) is 0 Å². The maximum atomic E-state index is 6.00. The second-order valence-corrected chi connectivity index (χ2v) is 9.33. The monoisotopic (exact) mass is 274 g/mol. The second-order valence-electron chi connectivity index (χ2n) is 9.33. The van der Waals surface area contributed by atoms with Crippen LogP contribution in [0, 0.1) is 34.5 Å². The Kier molecular flexibility index (Phi) is 2.39. The summed E-state index contributed by atoms with van der Waals surface area (Å²) in [5, 5.41) is 0. The summed E-state index contributed by atoms with van der Waals surface area (Å²) in [5.74, 6) is 4.07. The highest BCUT2D eigenvalue weighted by molar-refractivity contribution is 5.12. The molecule has 0 bridgehead atoms. The van der Waals surface area contributed by atoms with Crippen molar-refractivity contribution in [1.29, 1.82) is 0 Å². The Hall–Kier alpha value is -0.0400. The lowest BCUT2D eigenvalue weighted by atomic mass is 9.45. The molecule has 1 nitrogen and oxygen atoms in total. The Bertz CT molecular complexity index is 431. The van der Waals surface area contributed by atoms with Crippen molar-refractivity contribution < 1.29 is 4.74 Å². The fourth-order valence-corrected chi connectivity index (χ4v) is 7.58. The van der Waals surface area contributed by atoms with Gasteiger partial charge in [-0.3, -0.25) is 0 Å². The van der Waals surface area contributed by atoms with E-state index in [1.165, 1.54) is 51.4 Å². The number of hydrogen-bond acceptors (Lipinski definition) is 1. The molecule has 1 saturated heterocycles. The van der Waals surface area contributed by atoms with Crippen LogP contribution in [0.25, 0.3) is 0 Å². The van der Waals surface area contributed by atoms with Crippen LogP contribution in [-0.4, -0.2) is 12.2 Å². The molecule has 0 N–H and O–H groups in total. The van der Waals surface area contributed by atoms with Gasteiger partial charge < -0.3 is 4.74 Å². The highest BCUT2D eigenvalue weighted by Crippen LogP contribution is 2.68. The fraction of sp³-hybridized carbons (Fsp3) is 1.00. The van der Waals surface area contributed by atoms with E-state index in [4.69, 9.17) is 4.74 Å². The van der Waals surface area contributed by atoms with Crippen LogP contribution in [0.4, 0.5) is 0 Å². The van der Waals surface area contributed by atoms with E-state index in [1.54, 1.807) is 6.42 Å². The van der Waals surface area contributed by atoms with E-state index in [0.29, 0.717) is 17.6 Å². The first-order valence-corrected chi connectivity index (χ1v) is 9.27. The summed E-state index contributed by atoms with van der Waals surface area (Å²) in [4.78, 5) is 0. The van der Waals surface area contributed by atoms with E-state index in [1.807, 2.05) is 0 Å². The van der Waals surface area contributed by atoms with Crippen molar-refractivity contribution in [3.05, 3.63) is 0 Å². The molecule has 0 aromatic heterocycles. The summed E-state index contributed by atoms with van der Waals surface area (Å²) in [6.07, 6.45) is 14.8. The lowest BCUT2D eigenvalue weighted by Crippen LogP contribution is -2.53. The molecule has 20 heavy (non-hydrogen) atoms. The van der Waals surface area contributed by atoms with Gasteiger partial charge in [0.2, 0.25) is 0 Å². The molecule has 1 aliphatic heterocycles. The molecule has 0 spiro atoms. The molecule has 112 valence electrons. The maximum absolute atomic E-state index is 6.00. The van der Waals surface area contributed by atoms with Gasteiger partial charge in [-0.1, -0.05) is 20.3 Å². The molecule has 1 heterocycles. The Balaban J connectivity index is 1.48. The molecule has 0 unspecified atom stereocenters. The molecule has 5 aliphatic rings. The van der Waals surface area contributed by atoms with E-state index in [0.717, 1.165) is 29.1 Å². The topological polar surface area (TPSA) is 12.5 Å². The van der Waals surface area contributed by atoms with Gasteiger partial charge in [0, 0.05) is 0 Å². The molecular formula is C19H30O. The number of ether oxygens (including phenoxy) is 1. The molecule has 5 fully saturated rings. The zero-order chi connectivity index (χ0) is 13.5. The molecule has 8 atom stereocenters. The van der Waals surface area contributed by atoms with Gasteiger partial charge in [0.05, 0.1) is 12.2 Å². The molecule has 4 saturated carbocycles. The number of fused-ring (bicyclic) bond motifs is 7. The summed E-state index contributed by atoms with van der Waals surface area (Å²) in [6.45, 7) is 5.28. The summed E-state index contributed by atoms with van der Waals surface area (Å²) in [6, 6.07) is 0. The average molecular weight is 274 g/mol. The fourth-order valence-electron chi connectivity index (χ4n) is 7.58. The van der Waals surface area contributed by atoms with Crippen LogP contribution in [0.1, 0.15) is 71.6 Å². The molecule has 1 heteroatoms. The van der Waals surface area contributed by atoms with Crippen molar-refractivity contribution in [2.45, 2.75) is 83.8 Å². The first-order valence-electron chi connectivity index (χ1n) is 9.27. The Morgan fingerprint density at radius 3 is 2.60 bits per heavy atom. The van der Waals surface area contributed by atoms with Crippen molar-refractivity contribution >= 4 is 0 Å². The standard InChI is InChI=1S/C19H30O/c1-18-9-3-4-13(18)12-5-6-15-17-16(20-17)8-11-19(15,2)14(12)7-10-18/h12-17H,3-11H2,1-2H3/t12-,13-,14-,15-,16+,17-,18-,19+/m0/s1. The van der Waals surface area contributed by atoms with E-state index in [-0.39, 0.29) is 0 Å². The van der Waals surface area contributed by atoms with E-state index < -0.39 is 0 Å². The summed E-state index contributed by atoms with van der Waals surface area (Å²) >= 11 is 0. The van der Waals surface area contributed by atoms with Gasteiger partial charge in [-0.25, -0.2) is 0 Å². The minimum Gasteiger partial charge on any atom is -0.369 e. The van der Waals surface area contributed by atoms with Crippen molar-refractivity contribution in [2.75, 3.05) is 0 Å². The lowest BCUT2D eigenvalue weighted by molar-refractivity contribution is -0.0996. The molecular weight excluding hydrogens is 244 g/mol. The Labute approximate surface area is 123 Å². The van der Waals surface area contributed by atoms with Crippen LogP contribution in [0.2, 0.25) is 0 Å². The first kappa shape index (κ1) is 12.5. The highest BCUT2D eigenvalue weighted by Gasteiger charge is 2.63. The highest BCUT2D eigenvalue weighted by atomic mass is 16.6. The third-order valence-electron chi connectivity index (χ3n) is 8.71. The molecule has 5 rings (SSSR count). The normalized spacial score (nSPS) is 63.9. The minimum absolute atomic E-state index is 0.629. The van der Waals surface area contributed by atoms with Gasteiger partial charge in [-0.2, -0.15) is 0 Å². The van der Waals surface area contributed by atoms with Crippen molar-refractivity contribution in [2.24, 2.45) is 34.5 Å². The van der Waals surface area contributed by atoms with Crippen LogP contribution >= 0.6 is 0 Å². The molecule has 0 aromatic rings. The minimum atomic E-state index is 0.629. The number of rotatable bonds is 0. The predicted molar refractivity (Wildman–Crippen MR) is 80.4 cm³/mol. The van der Waals surface area contributed by atoms with Crippen molar-refractivity contribution in [3.8, 4) is 0 Å². The predicted octanol–water partition coefficient (Wildman–Crippen LogP) is 4.80. The molecule has 0 radical (unpaired) electrons. The Morgan fingerprint density at radius 2 is 1.70 bits per heavy atom. The molecule has 4 aliphatic carbocycles. The number of hydrogen-bond donors (Lipinski definition) is 0. The van der Waals surface area contributed by atoms with E-state index in [9.17, 15) is 0 Å². The second kappa shape index (κ2) is 3.83. The largest absolute Gasteiger partial charge is 0.369 e. The quantitative estimate of drug-likeness (QED) is 0.578. The maximum Gasteiger partial charge on any atom is 0.0875 e. The average Bonchev–Trinajstić information content (AvgIpc) is 3.10. The van der Waals surface area contributed by atoms with Crippen LogP contribution in [0.15, 0.2) is 0 Å². The number of epoxide rings is 1. The van der Waals surface area contributed by atoms with E-state index >= 15 is 0 Å². The Morgan fingerprint density at radius 1 is 0.800 bits per heavy atom. The smallest absolute Gasteiger partial charge is 0.0875 e. The summed E-state index contributed by atoms with van der Waals surface area (Å²) in [5.41, 5.74) is 1.35. The van der Waals surface area contributed by atoms with E-state index in [2.05, 4.69) is 13.8 Å². The van der Waals surface area contributed by atoms with Crippen LogP contribution < -0.4 is 0 Å². The third-order valence-corrected chi connectivity index (χ3v) is 8.71. The van der Waals surface area contributed by atoms with Crippen molar-refractivity contribution in [1.82, 2.24) is 0 Å². The van der Waals surface area contributed by atoms with Gasteiger partial charge >= 0.3 is 0 Å². The van der Waals surface area contributed by atoms with Crippen LogP contribution in [-0.2, 0) is 4.74 Å². The van der Waals surface area contributed by atoms with Gasteiger partial charge in [-0.15, -0.1) is 0 Å². The molecule has 0 amide bonds. The zero-order valence-corrected chi connectivity index (χ0v) is 13.2. The van der Waals surface area contributed by atoms with Gasteiger partial charge in [-0.05, 0) is 85.9 Å².